The minimum atomic E-state index is 0.172. The highest BCUT2D eigenvalue weighted by atomic mass is 16.5. The molecule has 12 heavy (non-hydrogen) atoms. The van der Waals surface area contributed by atoms with Crippen LogP contribution >= 0.6 is 0 Å². The zero-order valence-electron chi connectivity index (χ0n) is 6.73. The lowest BCUT2D eigenvalue weighted by molar-refractivity contribution is 0.0679. The van der Waals surface area contributed by atoms with Crippen molar-refractivity contribution < 1.29 is 4.74 Å². The van der Waals surface area contributed by atoms with Crippen LogP contribution in [0.15, 0.2) is 24.3 Å². The summed E-state index contributed by atoms with van der Waals surface area (Å²) in [5, 5.41) is 0. The molecule has 2 aliphatic heterocycles. The van der Waals surface area contributed by atoms with Crippen LogP contribution in [0, 0.1) is 0 Å². The first-order valence-corrected chi connectivity index (χ1v) is 4.36. The maximum Gasteiger partial charge on any atom is 0.0988 e. The van der Waals surface area contributed by atoms with Gasteiger partial charge in [-0.1, -0.05) is 24.3 Å². The first-order chi connectivity index (χ1) is 5.86. The average Bonchev–Trinajstić information content (AvgIpc) is 2.62. The summed E-state index contributed by atoms with van der Waals surface area (Å²) in [5.74, 6) is 0. The van der Waals surface area contributed by atoms with Crippen LogP contribution in [-0.2, 0) is 4.74 Å². The summed E-state index contributed by atoms with van der Waals surface area (Å²) in [6, 6.07) is 8.60. The second-order valence-corrected chi connectivity index (χ2v) is 3.57. The van der Waals surface area contributed by atoms with Crippen molar-refractivity contribution in [1.29, 1.82) is 0 Å². The highest BCUT2D eigenvalue weighted by Crippen LogP contribution is 2.49. The molecule has 1 saturated heterocycles. The average molecular weight is 161 g/mol. The molecule has 3 rings (SSSR count). The molecule has 0 radical (unpaired) electrons. The molecule has 2 unspecified atom stereocenters. The zero-order chi connectivity index (χ0) is 8.13. The van der Waals surface area contributed by atoms with Crippen LogP contribution in [-0.4, -0.2) is 6.04 Å². The SMILES string of the molecule is N[C@H]1CC2OC1c1ccccc12. The molecule has 2 heteroatoms. The highest BCUT2D eigenvalue weighted by molar-refractivity contribution is 5.38. The van der Waals surface area contributed by atoms with Crippen molar-refractivity contribution in [1.82, 2.24) is 0 Å². The number of rotatable bonds is 0. The third-order valence-corrected chi connectivity index (χ3v) is 2.84. The topological polar surface area (TPSA) is 35.2 Å². The molecular weight excluding hydrogens is 150 g/mol. The van der Waals surface area contributed by atoms with Crippen molar-refractivity contribution in [2.75, 3.05) is 0 Å². The van der Waals surface area contributed by atoms with E-state index in [1.807, 2.05) is 0 Å². The predicted molar refractivity (Wildman–Crippen MR) is 45.6 cm³/mol. The van der Waals surface area contributed by atoms with Gasteiger partial charge < -0.3 is 10.5 Å². The second kappa shape index (κ2) is 2.09. The van der Waals surface area contributed by atoms with E-state index in [-0.39, 0.29) is 18.2 Å². The smallest absolute Gasteiger partial charge is 0.0988 e. The molecule has 3 atom stereocenters. The van der Waals surface area contributed by atoms with Gasteiger partial charge in [-0.15, -0.1) is 0 Å². The van der Waals surface area contributed by atoms with E-state index in [1.165, 1.54) is 11.1 Å². The van der Waals surface area contributed by atoms with E-state index in [0.717, 1.165) is 6.42 Å². The maximum atomic E-state index is 5.91. The Bertz CT molecular complexity index is 323. The van der Waals surface area contributed by atoms with Gasteiger partial charge in [0.2, 0.25) is 0 Å². The minimum absolute atomic E-state index is 0.172. The van der Waals surface area contributed by atoms with Crippen molar-refractivity contribution in [2.24, 2.45) is 5.73 Å². The maximum absolute atomic E-state index is 5.91. The standard InChI is InChI=1S/C10H11NO/c11-8-5-9-6-3-1-2-4-7(6)10(8)12-9/h1-4,8-10H,5,11H2/t8-,9?,10?/m0/s1. The van der Waals surface area contributed by atoms with Gasteiger partial charge in [-0.2, -0.15) is 0 Å². The van der Waals surface area contributed by atoms with Gasteiger partial charge in [-0.25, -0.2) is 0 Å². The molecule has 2 heterocycles. The number of hydrogen-bond donors (Lipinski definition) is 1. The lowest BCUT2D eigenvalue weighted by atomic mass is 9.89. The number of fused-ring (bicyclic) bond motifs is 5. The van der Waals surface area contributed by atoms with Gasteiger partial charge in [0.05, 0.1) is 12.2 Å². The van der Waals surface area contributed by atoms with E-state index in [4.69, 9.17) is 10.5 Å². The van der Waals surface area contributed by atoms with Gasteiger partial charge in [-0.05, 0) is 17.5 Å². The summed E-state index contributed by atoms with van der Waals surface area (Å²) < 4.78 is 5.73. The molecular formula is C10H11NO. The second-order valence-electron chi connectivity index (χ2n) is 3.57. The molecule has 2 nitrogen and oxygen atoms in total. The van der Waals surface area contributed by atoms with Gasteiger partial charge in [-0.3, -0.25) is 0 Å². The molecule has 1 aromatic rings. The lowest BCUT2D eigenvalue weighted by Crippen LogP contribution is -2.25. The van der Waals surface area contributed by atoms with Crippen molar-refractivity contribution >= 4 is 0 Å². The summed E-state index contributed by atoms with van der Waals surface area (Å²) in [4.78, 5) is 0. The Balaban J connectivity index is 2.17. The van der Waals surface area contributed by atoms with E-state index in [1.54, 1.807) is 0 Å². The van der Waals surface area contributed by atoms with Crippen LogP contribution in [0.5, 0.6) is 0 Å². The van der Waals surface area contributed by atoms with E-state index in [0.29, 0.717) is 0 Å². The van der Waals surface area contributed by atoms with Gasteiger partial charge in [0, 0.05) is 6.04 Å². The van der Waals surface area contributed by atoms with Crippen molar-refractivity contribution in [3.8, 4) is 0 Å². The molecule has 2 aliphatic rings. The van der Waals surface area contributed by atoms with E-state index < -0.39 is 0 Å². The first-order valence-electron chi connectivity index (χ1n) is 4.36. The summed E-state index contributed by atoms with van der Waals surface area (Å²) in [6.45, 7) is 0. The number of hydrogen-bond acceptors (Lipinski definition) is 2. The molecule has 0 amide bonds. The Morgan fingerprint density at radius 1 is 1.25 bits per heavy atom. The van der Waals surface area contributed by atoms with Crippen LogP contribution < -0.4 is 5.73 Å². The summed E-state index contributed by atoms with van der Waals surface area (Å²) in [5.41, 5.74) is 8.57. The van der Waals surface area contributed by atoms with Gasteiger partial charge in [0.25, 0.3) is 0 Å². The largest absolute Gasteiger partial charge is 0.364 e. The normalized spacial score (nSPS) is 36.9. The molecule has 62 valence electrons. The molecule has 0 spiro atoms. The molecule has 0 aliphatic carbocycles. The van der Waals surface area contributed by atoms with E-state index in [9.17, 15) is 0 Å². The number of benzene rings is 1. The quantitative estimate of drug-likeness (QED) is 0.626. The fourth-order valence-corrected chi connectivity index (χ4v) is 2.27. The molecule has 1 fully saturated rings. The molecule has 1 aromatic carbocycles. The number of ether oxygens (including phenoxy) is 1. The Kier molecular flexibility index (Phi) is 1.15. The molecule has 2 bridgehead atoms. The third-order valence-electron chi connectivity index (χ3n) is 2.84. The fourth-order valence-electron chi connectivity index (χ4n) is 2.27. The fraction of sp³-hybridized carbons (Fsp3) is 0.400. The third kappa shape index (κ3) is 0.667. The van der Waals surface area contributed by atoms with Crippen LogP contribution in [0.4, 0.5) is 0 Å². The van der Waals surface area contributed by atoms with Gasteiger partial charge >= 0.3 is 0 Å². The predicted octanol–water partition coefficient (Wildman–Crippen LogP) is 1.53. The number of nitrogens with two attached hydrogens (primary N) is 1. The summed E-state index contributed by atoms with van der Waals surface area (Å²) in [6.07, 6.45) is 1.44. The first kappa shape index (κ1) is 6.63. The minimum Gasteiger partial charge on any atom is -0.364 e. The molecule has 0 saturated carbocycles. The van der Waals surface area contributed by atoms with E-state index in [2.05, 4.69) is 24.3 Å². The van der Waals surface area contributed by atoms with Crippen molar-refractivity contribution in [2.45, 2.75) is 24.7 Å². The summed E-state index contributed by atoms with van der Waals surface area (Å²) in [7, 11) is 0. The zero-order valence-corrected chi connectivity index (χ0v) is 6.73. The Labute approximate surface area is 71.3 Å². The van der Waals surface area contributed by atoms with Crippen LogP contribution in [0.1, 0.15) is 29.8 Å². The van der Waals surface area contributed by atoms with Crippen LogP contribution in [0.25, 0.3) is 0 Å². The van der Waals surface area contributed by atoms with Gasteiger partial charge in [0.1, 0.15) is 0 Å². The highest BCUT2D eigenvalue weighted by Gasteiger charge is 2.42. The Hall–Kier alpha value is -0.860. The van der Waals surface area contributed by atoms with Crippen molar-refractivity contribution in [3.05, 3.63) is 35.4 Å². The molecule has 0 aromatic heterocycles. The Morgan fingerprint density at radius 2 is 2.00 bits per heavy atom. The lowest BCUT2D eigenvalue weighted by Gasteiger charge is -2.16. The van der Waals surface area contributed by atoms with Crippen molar-refractivity contribution in [3.63, 3.8) is 0 Å². The van der Waals surface area contributed by atoms with Crippen LogP contribution in [0.3, 0.4) is 0 Å². The molecule has 2 N–H and O–H groups in total. The Morgan fingerprint density at radius 3 is 2.83 bits per heavy atom. The summed E-state index contributed by atoms with van der Waals surface area (Å²) >= 11 is 0. The van der Waals surface area contributed by atoms with E-state index >= 15 is 0 Å². The van der Waals surface area contributed by atoms with Gasteiger partial charge in [0.15, 0.2) is 0 Å². The monoisotopic (exact) mass is 161 g/mol. The van der Waals surface area contributed by atoms with Crippen LogP contribution in [0.2, 0.25) is 0 Å².